The highest BCUT2D eigenvalue weighted by Crippen LogP contribution is 2.27. The van der Waals surface area contributed by atoms with Crippen molar-refractivity contribution >= 4 is 26.8 Å². The van der Waals surface area contributed by atoms with Gasteiger partial charge in [-0.15, -0.1) is 0 Å². The third kappa shape index (κ3) is 1.91. The lowest BCUT2D eigenvalue weighted by Gasteiger charge is -2.03. The number of nitrogens with one attached hydrogen (secondary N) is 1. The minimum absolute atomic E-state index is 0.443. The third-order valence-electron chi connectivity index (χ3n) is 2.75. The molecular weight excluding hydrogens is 292 g/mol. The summed E-state index contributed by atoms with van der Waals surface area (Å²) in [6.07, 6.45) is 1.73. The minimum Gasteiger partial charge on any atom is -0.339 e. The first-order valence-corrected chi connectivity index (χ1v) is 6.37. The molecule has 0 aliphatic carbocycles. The molecule has 0 unspecified atom stereocenters. The number of halogens is 1. The summed E-state index contributed by atoms with van der Waals surface area (Å²) < 4.78 is 0.916. The normalized spacial score (nSPS) is 11.0. The number of para-hydroxylation sites is 1. The van der Waals surface area contributed by atoms with Crippen molar-refractivity contribution in [1.29, 1.82) is 0 Å². The minimum atomic E-state index is 0.443. The summed E-state index contributed by atoms with van der Waals surface area (Å²) in [4.78, 5) is 12.1. The van der Waals surface area contributed by atoms with Gasteiger partial charge in [-0.05, 0) is 28.1 Å². The van der Waals surface area contributed by atoms with Gasteiger partial charge in [-0.2, -0.15) is 0 Å². The summed E-state index contributed by atoms with van der Waals surface area (Å²) in [6, 6.07) is 10.0. The van der Waals surface area contributed by atoms with E-state index in [9.17, 15) is 0 Å². The molecule has 90 valence electrons. The van der Waals surface area contributed by atoms with E-state index in [0.717, 1.165) is 32.6 Å². The fourth-order valence-corrected chi connectivity index (χ4v) is 2.36. The molecule has 0 fully saturated rings. The number of aromatic nitrogens is 3. The number of aromatic amines is 1. The van der Waals surface area contributed by atoms with Crippen LogP contribution in [0.1, 0.15) is 5.69 Å². The molecule has 4 nitrogen and oxygen atoms in total. The van der Waals surface area contributed by atoms with Crippen LogP contribution < -0.4 is 5.73 Å². The SMILES string of the molecule is NCc1cnc(-c2nc3ccccc3cc2Br)[nH]1. The molecule has 5 heteroatoms. The van der Waals surface area contributed by atoms with Gasteiger partial charge in [-0.3, -0.25) is 0 Å². The van der Waals surface area contributed by atoms with E-state index in [1.165, 1.54) is 0 Å². The van der Waals surface area contributed by atoms with Crippen LogP contribution in [0.25, 0.3) is 22.4 Å². The fraction of sp³-hybridized carbons (Fsp3) is 0.0769. The van der Waals surface area contributed by atoms with Crippen molar-refractivity contribution in [2.45, 2.75) is 6.54 Å². The van der Waals surface area contributed by atoms with Crippen LogP contribution in [-0.4, -0.2) is 15.0 Å². The maximum Gasteiger partial charge on any atom is 0.157 e. The van der Waals surface area contributed by atoms with Crippen LogP contribution in [0.5, 0.6) is 0 Å². The van der Waals surface area contributed by atoms with Gasteiger partial charge in [0.05, 0.1) is 5.52 Å². The Morgan fingerprint density at radius 1 is 1.28 bits per heavy atom. The maximum atomic E-state index is 5.57. The second kappa shape index (κ2) is 4.51. The predicted molar refractivity (Wildman–Crippen MR) is 74.9 cm³/mol. The van der Waals surface area contributed by atoms with Crippen molar-refractivity contribution in [1.82, 2.24) is 15.0 Å². The van der Waals surface area contributed by atoms with Crippen molar-refractivity contribution in [2.75, 3.05) is 0 Å². The number of nitrogens with two attached hydrogens (primary N) is 1. The number of imidazole rings is 1. The van der Waals surface area contributed by atoms with E-state index in [1.807, 2.05) is 30.3 Å². The zero-order chi connectivity index (χ0) is 12.5. The first-order valence-electron chi connectivity index (χ1n) is 5.57. The van der Waals surface area contributed by atoms with Crippen LogP contribution in [0, 0.1) is 0 Å². The van der Waals surface area contributed by atoms with Gasteiger partial charge in [-0.1, -0.05) is 18.2 Å². The van der Waals surface area contributed by atoms with Crippen molar-refractivity contribution in [3.05, 3.63) is 46.7 Å². The molecule has 1 aromatic carbocycles. The molecule has 0 saturated heterocycles. The smallest absolute Gasteiger partial charge is 0.157 e. The van der Waals surface area contributed by atoms with Crippen LogP contribution in [0.3, 0.4) is 0 Å². The fourth-order valence-electron chi connectivity index (χ4n) is 1.84. The second-order valence-corrected chi connectivity index (χ2v) is 4.83. The summed E-state index contributed by atoms with van der Waals surface area (Å²) in [5.74, 6) is 0.730. The summed E-state index contributed by atoms with van der Waals surface area (Å²) in [5.41, 5.74) is 8.21. The number of pyridine rings is 1. The molecule has 2 aromatic heterocycles. The van der Waals surface area contributed by atoms with Crippen LogP contribution in [0.2, 0.25) is 0 Å². The molecule has 0 aliphatic heterocycles. The number of nitrogens with zero attached hydrogens (tertiary/aromatic N) is 2. The summed E-state index contributed by atoms with van der Waals surface area (Å²) >= 11 is 3.53. The Morgan fingerprint density at radius 3 is 2.89 bits per heavy atom. The first-order chi connectivity index (χ1) is 8.78. The van der Waals surface area contributed by atoms with E-state index < -0.39 is 0 Å². The molecule has 18 heavy (non-hydrogen) atoms. The van der Waals surface area contributed by atoms with Gasteiger partial charge in [0.1, 0.15) is 5.69 Å². The Morgan fingerprint density at radius 2 is 2.11 bits per heavy atom. The number of fused-ring (bicyclic) bond motifs is 1. The molecule has 0 bridgehead atoms. The number of hydrogen-bond donors (Lipinski definition) is 2. The van der Waals surface area contributed by atoms with E-state index in [-0.39, 0.29) is 0 Å². The summed E-state index contributed by atoms with van der Waals surface area (Å²) in [5, 5.41) is 1.10. The molecule has 3 N–H and O–H groups in total. The van der Waals surface area contributed by atoms with E-state index in [2.05, 4.69) is 30.9 Å². The number of rotatable bonds is 2. The average molecular weight is 303 g/mol. The Bertz CT molecular complexity index is 705. The molecule has 0 aliphatic rings. The molecular formula is C13H11BrN4. The standard InChI is InChI=1S/C13H11BrN4/c14-10-5-8-3-1-2-4-11(8)18-12(10)13-16-7-9(6-15)17-13/h1-5,7H,6,15H2,(H,16,17). The molecule has 0 saturated carbocycles. The van der Waals surface area contributed by atoms with Crippen LogP contribution in [-0.2, 0) is 6.54 Å². The maximum absolute atomic E-state index is 5.57. The number of H-pyrrole nitrogens is 1. The largest absolute Gasteiger partial charge is 0.339 e. The number of hydrogen-bond acceptors (Lipinski definition) is 3. The zero-order valence-electron chi connectivity index (χ0n) is 9.52. The molecule has 3 aromatic rings. The van der Waals surface area contributed by atoms with E-state index >= 15 is 0 Å². The highest BCUT2D eigenvalue weighted by molar-refractivity contribution is 9.10. The van der Waals surface area contributed by atoms with E-state index in [0.29, 0.717) is 6.54 Å². The second-order valence-electron chi connectivity index (χ2n) is 3.97. The van der Waals surface area contributed by atoms with Crippen LogP contribution in [0.4, 0.5) is 0 Å². The lowest BCUT2D eigenvalue weighted by atomic mass is 10.2. The molecule has 0 spiro atoms. The van der Waals surface area contributed by atoms with Gasteiger partial charge in [-0.25, -0.2) is 9.97 Å². The van der Waals surface area contributed by atoms with Gasteiger partial charge in [0.2, 0.25) is 0 Å². The van der Waals surface area contributed by atoms with Gasteiger partial charge < -0.3 is 10.7 Å². The molecule has 3 rings (SSSR count). The molecule has 0 atom stereocenters. The van der Waals surface area contributed by atoms with Crippen molar-refractivity contribution in [2.24, 2.45) is 5.73 Å². The Hall–Kier alpha value is -1.72. The Balaban J connectivity index is 2.19. The molecule has 2 heterocycles. The summed E-state index contributed by atoms with van der Waals surface area (Å²) in [7, 11) is 0. The third-order valence-corrected chi connectivity index (χ3v) is 3.35. The lowest BCUT2D eigenvalue weighted by Crippen LogP contribution is -1.96. The average Bonchev–Trinajstić information content (AvgIpc) is 2.86. The first kappa shape index (κ1) is 11.4. The lowest BCUT2D eigenvalue weighted by molar-refractivity contribution is 1.01. The van der Waals surface area contributed by atoms with Gasteiger partial charge in [0.15, 0.2) is 5.82 Å². The van der Waals surface area contributed by atoms with Crippen molar-refractivity contribution < 1.29 is 0 Å². The van der Waals surface area contributed by atoms with Crippen molar-refractivity contribution in [3.8, 4) is 11.5 Å². The van der Waals surface area contributed by atoms with Crippen LogP contribution >= 0.6 is 15.9 Å². The highest BCUT2D eigenvalue weighted by atomic mass is 79.9. The molecule has 0 amide bonds. The predicted octanol–water partition coefficient (Wildman–Crippen LogP) is 2.85. The number of benzene rings is 1. The highest BCUT2D eigenvalue weighted by Gasteiger charge is 2.10. The van der Waals surface area contributed by atoms with Crippen molar-refractivity contribution in [3.63, 3.8) is 0 Å². The van der Waals surface area contributed by atoms with Gasteiger partial charge in [0, 0.05) is 28.3 Å². The van der Waals surface area contributed by atoms with Crippen LogP contribution in [0.15, 0.2) is 41.0 Å². The van der Waals surface area contributed by atoms with E-state index in [1.54, 1.807) is 6.20 Å². The zero-order valence-corrected chi connectivity index (χ0v) is 11.1. The topological polar surface area (TPSA) is 67.6 Å². The quantitative estimate of drug-likeness (QED) is 0.765. The Labute approximate surface area is 112 Å². The monoisotopic (exact) mass is 302 g/mol. The Kier molecular flexibility index (Phi) is 2.85. The molecule has 0 radical (unpaired) electrons. The van der Waals surface area contributed by atoms with Gasteiger partial charge >= 0.3 is 0 Å². The van der Waals surface area contributed by atoms with E-state index in [4.69, 9.17) is 5.73 Å². The van der Waals surface area contributed by atoms with Gasteiger partial charge in [0.25, 0.3) is 0 Å². The summed E-state index contributed by atoms with van der Waals surface area (Å²) in [6.45, 7) is 0.443.